The number of pyridine rings is 2. The smallest absolute Gasteiger partial charge is 0.0346 e. The average Bonchev–Trinajstić information content (AvgIpc) is 3.35. The largest absolute Gasteiger partial charge is 0.305 e. The molecule has 0 fully saturated rings. The van der Waals surface area contributed by atoms with Crippen molar-refractivity contribution in [3.63, 3.8) is 0 Å². The first kappa shape index (κ1) is 29.4. The number of benzene rings is 3. The molecule has 0 aliphatic carbocycles. The summed E-state index contributed by atoms with van der Waals surface area (Å²) in [6.07, 6.45) is 3.79. The summed E-state index contributed by atoms with van der Waals surface area (Å²) in [7, 11) is 0. The Morgan fingerprint density at radius 1 is 0.786 bits per heavy atom. The van der Waals surface area contributed by atoms with E-state index in [1.165, 1.54) is 24.6 Å². The van der Waals surface area contributed by atoms with Crippen molar-refractivity contribution < 1.29 is 22.8 Å². The zero-order chi connectivity index (χ0) is 31.0. The monoisotopic (exact) mass is 811 g/mol. The Kier molecular flexibility index (Phi) is 9.66. The first-order valence-electron chi connectivity index (χ1n) is 15.0. The van der Waals surface area contributed by atoms with Crippen LogP contribution >= 0.6 is 11.3 Å². The van der Waals surface area contributed by atoms with Crippen molar-refractivity contribution in [1.29, 1.82) is 0 Å². The van der Waals surface area contributed by atoms with Crippen LogP contribution in [0.15, 0.2) is 91.3 Å². The number of rotatable bonds is 5. The van der Waals surface area contributed by atoms with E-state index in [2.05, 4.69) is 75.8 Å². The Morgan fingerprint density at radius 3 is 2.24 bits per heavy atom. The van der Waals surface area contributed by atoms with Gasteiger partial charge in [0.1, 0.15) is 0 Å². The van der Waals surface area contributed by atoms with Crippen LogP contribution in [-0.4, -0.2) is 23.2 Å². The molecule has 0 amide bonds. The van der Waals surface area contributed by atoms with Gasteiger partial charge in [-0.05, 0) is 33.8 Å². The Labute approximate surface area is 274 Å². The van der Waals surface area contributed by atoms with Gasteiger partial charge in [-0.3, -0.25) is 0 Å². The van der Waals surface area contributed by atoms with Crippen LogP contribution in [0.3, 0.4) is 0 Å². The van der Waals surface area contributed by atoms with Gasteiger partial charge in [-0.15, -0.1) is 23.8 Å². The van der Waals surface area contributed by atoms with E-state index in [-0.39, 0.29) is 20.1 Å². The van der Waals surface area contributed by atoms with Gasteiger partial charge < -0.3 is 4.98 Å². The average molecular weight is 810 g/mol. The Bertz CT molecular complexity index is 1880. The van der Waals surface area contributed by atoms with Crippen molar-refractivity contribution in [2.24, 2.45) is 0 Å². The maximum atomic E-state index is 8.44. The van der Waals surface area contributed by atoms with E-state index in [1.54, 1.807) is 17.5 Å². The summed E-state index contributed by atoms with van der Waals surface area (Å²) in [6.45, 7) is 7.71. The van der Waals surface area contributed by atoms with Crippen molar-refractivity contribution in [3.05, 3.63) is 115 Å². The SMILES string of the molecule is [2H]C(C)(C)c1cc(-c2[c-]cccc2)nc[c]1[Ge]([CH3])([CH3])[CH3].[2H]C(C)(C)c1ccnc(-c2[c-]ccc3c2sc2ccccc23)c1.[Ir]. The number of hydrogen-bond donors (Lipinski definition) is 0. The summed E-state index contributed by atoms with van der Waals surface area (Å²) < 4.78 is 20.5. The molecule has 0 spiro atoms. The fraction of sp³-hybridized carbons (Fsp3) is 0.243. The Balaban J connectivity index is 0.000000199. The van der Waals surface area contributed by atoms with Crippen LogP contribution < -0.4 is 4.40 Å². The molecule has 3 aromatic carbocycles. The minimum atomic E-state index is -2.03. The molecule has 42 heavy (non-hydrogen) atoms. The van der Waals surface area contributed by atoms with Gasteiger partial charge in [0, 0.05) is 32.4 Å². The van der Waals surface area contributed by atoms with Gasteiger partial charge in [0.25, 0.3) is 0 Å². The van der Waals surface area contributed by atoms with Gasteiger partial charge in [0.05, 0.1) is 0 Å². The predicted molar refractivity (Wildman–Crippen MR) is 181 cm³/mol. The molecule has 0 aliphatic rings. The summed E-state index contributed by atoms with van der Waals surface area (Å²) in [5.41, 5.74) is 5.90. The third-order valence-corrected chi connectivity index (χ3v) is 12.6. The van der Waals surface area contributed by atoms with Crippen LogP contribution in [0.2, 0.25) is 17.3 Å². The number of aromatic nitrogens is 2. The van der Waals surface area contributed by atoms with Crippen LogP contribution in [0, 0.1) is 12.1 Å². The molecule has 0 atom stereocenters. The van der Waals surface area contributed by atoms with E-state index >= 15 is 0 Å². The molecule has 2 nitrogen and oxygen atoms in total. The fourth-order valence-electron chi connectivity index (χ4n) is 4.93. The normalized spacial score (nSPS) is 12.6. The van der Waals surface area contributed by atoms with Gasteiger partial charge >= 0.3 is 120 Å². The van der Waals surface area contributed by atoms with Gasteiger partial charge in [-0.1, -0.05) is 49.1 Å². The van der Waals surface area contributed by atoms with E-state index in [9.17, 15) is 0 Å². The van der Waals surface area contributed by atoms with Gasteiger partial charge in [0.15, 0.2) is 0 Å². The molecule has 3 aromatic heterocycles. The van der Waals surface area contributed by atoms with E-state index in [0.29, 0.717) is 0 Å². The van der Waals surface area contributed by atoms with E-state index in [0.717, 1.165) is 33.6 Å². The molecule has 6 aromatic rings. The summed E-state index contributed by atoms with van der Waals surface area (Å²) in [5, 5.41) is 2.52. The van der Waals surface area contributed by atoms with Crippen LogP contribution in [0.25, 0.3) is 42.7 Å². The second kappa shape index (κ2) is 13.8. The van der Waals surface area contributed by atoms with Crippen molar-refractivity contribution in [2.75, 3.05) is 0 Å². The fourth-order valence-corrected chi connectivity index (χ4v) is 9.45. The third kappa shape index (κ3) is 7.11. The molecule has 217 valence electrons. The molecule has 0 aliphatic heterocycles. The number of nitrogens with zero attached hydrogens (tertiary/aromatic N) is 2. The molecule has 0 N–H and O–H groups in total. The summed E-state index contributed by atoms with van der Waals surface area (Å²) in [5.74, 6) is 5.81. The summed E-state index contributed by atoms with van der Waals surface area (Å²) in [4.78, 5) is 9.16. The maximum Gasteiger partial charge on any atom is 0.0346 e. The van der Waals surface area contributed by atoms with Crippen molar-refractivity contribution in [3.8, 4) is 22.5 Å². The van der Waals surface area contributed by atoms with E-state index in [4.69, 9.17) is 2.74 Å². The molecular formula is C37H38GeIrN2S-2. The minimum Gasteiger partial charge on any atom is -0.305 e. The third-order valence-electron chi connectivity index (χ3n) is 7.17. The molecule has 5 heteroatoms. The molecule has 1 radical (unpaired) electrons. The number of thiophene rings is 1. The maximum absolute atomic E-state index is 8.44. The number of fused-ring (bicyclic) bond motifs is 3. The van der Waals surface area contributed by atoms with Gasteiger partial charge in [-0.25, -0.2) is 0 Å². The van der Waals surface area contributed by atoms with Crippen LogP contribution in [0.4, 0.5) is 0 Å². The summed E-state index contributed by atoms with van der Waals surface area (Å²) in [6, 6.07) is 33.0. The number of hydrogen-bond acceptors (Lipinski definition) is 3. The van der Waals surface area contributed by atoms with Crippen LogP contribution in [-0.2, 0) is 20.1 Å². The van der Waals surface area contributed by atoms with Gasteiger partial charge in [0.2, 0.25) is 0 Å². The van der Waals surface area contributed by atoms with Crippen molar-refractivity contribution in [2.45, 2.75) is 56.8 Å². The molecule has 0 bridgehead atoms. The molecule has 3 heterocycles. The van der Waals surface area contributed by atoms with Crippen LogP contribution in [0.5, 0.6) is 0 Å². The Morgan fingerprint density at radius 2 is 1.55 bits per heavy atom. The molecule has 0 saturated carbocycles. The molecule has 0 unspecified atom stereocenters. The Hall–Kier alpha value is -2.63. The summed E-state index contributed by atoms with van der Waals surface area (Å²) >= 11 is -0.247. The zero-order valence-corrected chi connectivity index (χ0v) is 30.6. The first-order valence-corrected chi connectivity index (χ1v) is 22.2. The van der Waals surface area contributed by atoms with E-state index in [1.807, 2.05) is 76.4 Å². The predicted octanol–water partition coefficient (Wildman–Crippen LogP) is 10.3. The van der Waals surface area contributed by atoms with Crippen LogP contribution in [0.1, 0.15) is 53.4 Å². The zero-order valence-electron chi connectivity index (χ0n) is 27.3. The molecular weight excluding hydrogens is 769 g/mol. The quantitative estimate of drug-likeness (QED) is 0.128. The van der Waals surface area contributed by atoms with Crippen molar-refractivity contribution >= 4 is 49.2 Å². The topological polar surface area (TPSA) is 25.8 Å². The van der Waals surface area contributed by atoms with E-state index < -0.39 is 25.1 Å². The second-order valence-electron chi connectivity index (χ2n) is 11.8. The second-order valence-corrected chi connectivity index (χ2v) is 23.4. The standard InChI is InChI=1S/C20H16NS.C17H22GeN.Ir/c1-13(2)14-10-11-21-18(12-14)17-8-5-7-16-15-6-3-4-9-19(15)22-20(16)17;1-13(2)15-11-17(14-9-7-6-8-10-14)19-12-16(15)18(3,4)5;/h3-7,9-13H,1-2H3;6-9,11-13H,1-5H3;/q2*-1;/i2*13D;. The first-order chi connectivity index (χ1) is 20.2. The molecule has 0 saturated heterocycles. The molecule has 6 rings (SSSR count). The minimum absolute atomic E-state index is 0. The van der Waals surface area contributed by atoms with Gasteiger partial charge in [-0.2, -0.15) is 11.3 Å². The van der Waals surface area contributed by atoms with Crippen molar-refractivity contribution in [1.82, 2.24) is 9.97 Å².